The third kappa shape index (κ3) is 2.82. The maximum absolute atomic E-state index is 5.28. The molecule has 2 rings (SSSR count). The summed E-state index contributed by atoms with van der Waals surface area (Å²) in [5.41, 5.74) is 1.41. The quantitative estimate of drug-likeness (QED) is 0.737. The molecule has 15 heavy (non-hydrogen) atoms. The van der Waals surface area contributed by atoms with Gasteiger partial charge in [-0.2, -0.15) is 0 Å². The largest absolute Gasteiger partial charge is 0.478 e. The van der Waals surface area contributed by atoms with E-state index in [1.807, 2.05) is 0 Å². The Morgan fingerprint density at radius 2 is 2.07 bits per heavy atom. The van der Waals surface area contributed by atoms with Gasteiger partial charge < -0.3 is 4.74 Å². The van der Waals surface area contributed by atoms with Gasteiger partial charge in [-0.05, 0) is 31.7 Å². The minimum Gasteiger partial charge on any atom is -0.478 e. The number of ether oxygens (including phenoxy) is 1. The highest BCUT2D eigenvalue weighted by molar-refractivity contribution is 5.49. The van der Waals surface area contributed by atoms with Crippen molar-refractivity contribution in [3.63, 3.8) is 0 Å². The smallest absolute Gasteiger partial charge is 0.170 e. The number of aryl methyl sites for hydroxylation is 1. The maximum atomic E-state index is 5.28. The minimum atomic E-state index is 0.265. The van der Waals surface area contributed by atoms with E-state index in [1.54, 1.807) is 6.40 Å². The van der Waals surface area contributed by atoms with Crippen LogP contribution in [0.4, 0.5) is 0 Å². The molecule has 2 nitrogen and oxygen atoms in total. The lowest BCUT2D eigenvalue weighted by molar-refractivity contribution is 0.215. The van der Waals surface area contributed by atoms with Crippen LogP contribution in [-0.4, -0.2) is 18.5 Å². The Bertz CT molecular complexity index is 321. The molecule has 2 unspecified atom stereocenters. The Balaban J connectivity index is 1.73. The summed E-state index contributed by atoms with van der Waals surface area (Å²) >= 11 is 0. The van der Waals surface area contributed by atoms with Gasteiger partial charge in [0.05, 0.1) is 6.04 Å². The van der Waals surface area contributed by atoms with Crippen LogP contribution in [0.1, 0.15) is 25.3 Å². The number of benzene rings is 1. The Labute approximate surface area is 91.0 Å². The van der Waals surface area contributed by atoms with Crippen LogP contribution in [0.15, 0.2) is 35.3 Å². The van der Waals surface area contributed by atoms with E-state index in [4.69, 9.17) is 4.74 Å². The molecule has 0 saturated carbocycles. The number of aliphatic imine (C=N–C) groups is 1. The van der Waals surface area contributed by atoms with E-state index in [1.165, 1.54) is 12.0 Å². The van der Waals surface area contributed by atoms with Gasteiger partial charge in [-0.25, -0.2) is 0 Å². The second kappa shape index (κ2) is 4.96. The standard InChI is InChI=1S/C13H17NO/c1-11-13(14-10-15-11)9-5-8-12-6-3-2-4-7-12/h2-4,6-7,10-11,13H,5,8-9H2,1H3. The molecule has 0 aliphatic carbocycles. The first-order chi connectivity index (χ1) is 7.36. The monoisotopic (exact) mass is 203 g/mol. The van der Waals surface area contributed by atoms with Gasteiger partial charge >= 0.3 is 0 Å². The summed E-state index contributed by atoms with van der Waals surface area (Å²) in [6, 6.07) is 11.0. The van der Waals surface area contributed by atoms with Crippen LogP contribution in [0, 0.1) is 0 Å². The molecule has 0 radical (unpaired) electrons. The van der Waals surface area contributed by atoms with Crippen LogP contribution in [-0.2, 0) is 11.2 Å². The molecule has 0 spiro atoms. The Morgan fingerprint density at radius 3 is 2.73 bits per heavy atom. The van der Waals surface area contributed by atoms with Crippen molar-refractivity contribution < 1.29 is 4.74 Å². The molecule has 80 valence electrons. The first-order valence-corrected chi connectivity index (χ1v) is 5.57. The van der Waals surface area contributed by atoms with Crippen molar-refractivity contribution in [2.45, 2.75) is 38.3 Å². The first kappa shape index (κ1) is 10.2. The molecular formula is C13H17NO. The molecule has 0 N–H and O–H groups in total. The molecule has 1 heterocycles. The highest BCUT2D eigenvalue weighted by Gasteiger charge is 2.20. The zero-order valence-electron chi connectivity index (χ0n) is 9.10. The average Bonchev–Trinajstić information content (AvgIpc) is 2.66. The number of rotatable bonds is 4. The fraction of sp³-hybridized carbons (Fsp3) is 0.462. The van der Waals surface area contributed by atoms with Gasteiger partial charge in [0, 0.05) is 0 Å². The molecular weight excluding hydrogens is 186 g/mol. The molecule has 2 heteroatoms. The molecule has 1 aliphatic heterocycles. The molecule has 0 aromatic heterocycles. The Morgan fingerprint density at radius 1 is 1.27 bits per heavy atom. The Hall–Kier alpha value is -1.31. The second-order valence-corrected chi connectivity index (χ2v) is 4.04. The van der Waals surface area contributed by atoms with E-state index in [0.717, 1.165) is 12.8 Å². The molecule has 1 aliphatic rings. The fourth-order valence-electron chi connectivity index (χ4n) is 1.89. The zero-order valence-corrected chi connectivity index (χ0v) is 9.10. The van der Waals surface area contributed by atoms with Gasteiger partial charge in [-0.15, -0.1) is 0 Å². The zero-order chi connectivity index (χ0) is 10.5. The van der Waals surface area contributed by atoms with E-state index >= 15 is 0 Å². The third-order valence-electron chi connectivity index (χ3n) is 2.88. The van der Waals surface area contributed by atoms with Crippen LogP contribution in [0.25, 0.3) is 0 Å². The van der Waals surface area contributed by atoms with Gasteiger partial charge in [0.25, 0.3) is 0 Å². The number of hydrogen-bond donors (Lipinski definition) is 0. The van der Waals surface area contributed by atoms with Crippen LogP contribution in [0.5, 0.6) is 0 Å². The van der Waals surface area contributed by atoms with Gasteiger partial charge in [0.1, 0.15) is 6.10 Å². The molecule has 0 bridgehead atoms. The predicted octanol–water partition coefficient (Wildman–Crippen LogP) is 2.82. The van der Waals surface area contributed by atoms with Crippen molar-refractivity contribution in [1.29, 1.82) is 0 Å². The number of hydrogen-bond acceptors (Lipinski definition) is 2. The average molecular weight is 203 g/mol. The van der Waals surface area contributed by atoms with Crippen molar-refractivity contribution in [3.05, 3.63) is 35.9 Å². The van der Waals surface area contributed by atoms with Crippen LogP contribution >= 0.6 is 0 Å². The van der Waals surface area contributed by atoms with Gasteiger partial charge in [0.2, 0.25) is 0 Å². The SMILES string of the molecule is CC1OC=NC1CCCc1ccccc1. The van der Waals surface area contributed by atoms with Crippen LogP contribution in [0.2, 0.25) is 0 Å². The van der Waals surface area contributed by atoms with Crippen LogP contribution < -0.4 is 0 Å². The van der Waals surface area contributed by atoms with Gasteiger partial charge in [0.15, 0.2) is 6.40 Å². The Kier molecular flexibility index (Phi) is 3.38. The second-order valence-electron chi connectivity index (χ2n) is 4.04. The third-order valence-corrected chi connectivity index (χ3v) is 2.88. The molecule has 2 atom stereocenters. The minimum absolute atomic E-state index is 0.265. The molecule has 0 amide bonds. The molecule has 0 fully saturated rings. The van der Waals surface area contributed by atoms with Crippen molar-refractivity contribution >= 4 is 6.40 Å². The fourth-order valence-corrected chi connectivity index (χ4v) is 1.89. The summed E-state index contributed by atoms with van der Waals surface area (Å²) in [6.45, 7) is 2.08. The molecule has 1 aromatic carbocycles. The molecule has 1 aromatic rings. The van der Waals surface area contributed by atoms with Crippen LogP contribution in [0.3, 0.4) is 0 Å². The van der Waals surface area contributed by atoms with E-state index in [9.17, 15) is 0 Å². The van der Waals surface area contributed by atoms with Gasteiger partial charge in [-0.1, -0.05) is 30.3 Å². The van der Waals surface area contributed by atoms with E-state index in [-0.39, 0.29) is 6.10 Å². The number of nitrogens with zero attached hydrogens (tertiary/aromatic N) is 1. The molecule has 0 saturated heterocycles. The summed E-state index contributed by atoms with van der Waals surface area (Å²) < 4.78 is 5.28. The summed E-state index contributed by atoms with van der Waals surface area (Å²) in [4.78, 5) is 4.30. The summed E-state index contributed by atoms with van der Waals surface area (Å²) in [5, 5.41) is 0. The lowest BCUT2D eigenvalue weighted by atomic mass is 10.0. The lowest BCUT2D eigenvalue weighted by Gasteiger charge is -2.11. The maximum Gasteiger partial charge on any atom is 0.170 e. The van der Waals surface area contributed by atoms with Crippen molar-refractivity contribution in [2.75, 3.05) is 0 Å². The summed E-state index contributed by atoms with van der Waals surface area (Å²) in [5.74, 6) is 0. The van der Waals surface area contributed by atoms with E-state index in [0.29, 0.717) is 6.04 Å². The normalized spacial score (nSPS) is 24.1. The summed E-state index contributed by atoms with van der Waals surface area (Å²) in [7, 11) is 0. The van der Waals surface area contributed by atoms with E-state index in [2.05, 4.69) is 42.2 Å². The predicted molar refractivity (Wildman–Crippen MR) is 62.2 cm³/mol. The van der Waals surface area contributed by atoms with E-state index < -0.39 is 0 Å². The summed E-state index contributed by atoms with van der Waals surface area (Å²) in [6.07, 6.45) is 5.30. The highest BCUT2D eigenvalue weighted by atomic mass is 16.5. The first-order valence-electron chi connectivity index (χ1n) is 5.57. The van der Waals surface area contributed by atoms with Crippen molar-refractivity contribution in [2.24, 2.45) is 4.99 Å². The highest BCUT2D eigenvalue weighted by Crippen LogP contribution is 2.16. The van der Waals surface area contributed by atoms with Gasteiger partial charge in [-0.3, -0.25) is 4.99 Å². The van der Waals surface area contributed by atoms with Crippen molar-refractivity contribution in [3.8, 4) is 0 Å². The topological polar surface area (TPSA) is 21.6 Å². The lowest BCUT2D eigenvalue weighted by Crippen LogP contribution is -2.17. The van der Waals surface area contributed by atoms with Crippen molar-refractivity contribution in [1.82, 2.24) is 0 Å².